The zero-order valence-corrected chi connectivity index (χ0v) is 11.0. The van der Waals surface area contributed by atoms with E-state index in [0.29, 0.717) is 0 Å². The molecule has 18 heavy (non-hydrogen) atoms. The first-order valence-electron chi connectivity index (χ1n) is 5.64. The molecule has 0 radical (unpaired) electrons. The van der Waals surface area contributed by atoms with Crippen molar-refractivity contribution in [3.8, 4) is 10.6 Å². The van der Waals surface area contributed by atoms with Crippen LogP contribution in [0.5, 0.6) is 0 Å². The lowest BCUT2D eigenvalue weighted by atomic mass is 10.1. The highest BCUT2D eigenvalue weighted by molar-refractivity contribution is 7.15. The van der Waals surface area contributed by atoms with Gasteiger partial charge in [-0.05, 0) is 43.7 Å². The predicted octanol–water partition coefficient (Wildman–Crippen LogP) is 3.95. The quantitative estimate of drug-likeness (QED) is 0.851. The topological polar surface area (TPSA) is 33.1 Å². The predicted molar refractivity (Wildman–Crippen MR) is 71.9 cm³/mol. The van der Waals surface area contributed by atoms with Crippen molar-refractivity contribution >= 4 is 11.3 Å². The average Bonchev–Trinajstić information content (AvgIpc) is 2.87. The molecule has 0 fully saturated rings. The Morgan fingerprint density at radius 3 is 2.67 bits per heavy atom. The normalized spacial score (nSPS) is 13.7. The summed E-state index contributed by atoms with van der Waals surface area (Å²) in [5.74, 6) is -0.264. The summed E-state index contributed by atoms with van der Waals surface area (Å²) in [6.07, 6.45) is 2.94. The molecule has 0 bridgehead atoms. The second kappa shape index (κ2) is 5.42. The number of nitrogens with zero attached hydrogens (tertiary/aromatic N) is 1. The smallest absolute Gasteiger partial charge is 0.123 e. The van der Waals surface area contributed by atoms with Crippen LogP contribution in [0.15, 0.2) is 42.1 Å². The van der Waals surface area contributed by atoms with E-state index in [2.05, 4.69) is 4.98 Å². The summed E-state index contributed by atoms with van der Waals surface area (Å²) >= 11 is 1.42. The number of aliphatic hydroxyl groups is 1. The van der Waals surface area contributed by atoms with Gasteiger partial charge in [0, 0.05) is 11.8 Å². The van der Waals surface area contributed by atoms with Crippen LogP contribution in [0, 0.1) is 5.82 Å². The lowest BCUT2D eigenvalue weighted by Crippen LogP contribution is -1.95. The van der Waals surface area contributed by atoms with Crippen LogP contribution in [0.4, 0.5) is 4.39 Å². The van der Waals surface area contributed by atoms with Crippen molar-refractivity contribution in [2.75, 3.05) is 0 Å². The van der Waals surface area contributed by atoms with Gasteiger partial charge in [0.05, 0.1) is 4.88 Å². The third-order valence-corrected chi connectivity index (χ3v) is 3.87. The molecule has 0 amide bonds. The lowest BCUT2D eigenvalue weighted by Gasteiger charge is -2.06. The van der Waals surface area contributed by atoms with Gasteiger partial charge in [-0.15, -0.1) is 11.3 Å². The fraction of sp³-hybridized carbons (Fsp3) is 0.214. The number of aromatic nitrogens is 1. The van der Waals surface area contributed by atoms with Crippen molar-refractivity contribution in [1.82, 2.24) is 4.98 Å². The van der Waals surface area contributed by atoms with E-state index in [4.69, 9.17) is 0 Å². The van der Waals surface area contributed by atoms with E-state index in [0.717, 1.165) is 21.0 Å². The summed E-state index contributed by atoms with van der Waals surface area (Å²) in [5.41, 5.74) is 1.75. The van der Waals surface area contributed by atoms with Gasteiger partial charge in [0.1, 0.15) is 16.9 Å². The van der Waals surface area contributed by atoms with Gasteiger partial charge in [0.25, 0.3) is 0 Å². The van der Waals surface area contributed by atoms with Gasteiger partial charge < -0.3 is 5.11 Å². The molecule has 0 spiro atoms. The minimum atomic E-state index is -0.610. The van der Waals surface area contributed by atoms with Crippen molar-refractivity contribution in [3.05, 3.63) is 52.8 Å². The standard InChI is InChI=1S/C14H14FNOS/c1-3-9(2)13(17)12-8-16-14(18-12)10-4-6-11(15)7-5-10/h3-8,13,17H,1-2H3/b9-3+. The summed E-state index contributed by atoms with van der Waals surface area (Å²) < 4.78 is 12.8. The Labute approximate surface area is 109 Å². The van der Waals surface area contributed by atoms with Gasteiger partial charge in [-0.3, -0.25) is 0 Å². The summed E-state index contributed by atoms with van der Waals surface area (Å²) in [4.78, 5) is 5.06. The molecule has 1 aromatic carbocycles. The van der Waals surface area contributed by atoms with Crippen molar-refractivity contribution in [2.24, 2.45) is 0 Å². The Morgan fingerprint density at radius 1 is 1.39 bits per heavy atom. The number of halogens is 1. The molecule has 0 aliphatic rings. The summed E-state index contributed by atoms with van der Waals surface area (Å²) in [7, 11) is 0. The molecule has 1 aromatic heterocycles. The molecule has 2 rings (SSSR count). The fourth-order valence-corrected chi connectivity index (χ4v) is 2.51. The van der Waals surface area contributed by atoms with Crippen molar-refractivity contribution in [1.29, 1.82) is 0 Å². The first kappa shape index (κ1) is 12.9. The maximum absolute atomic E-state index is 12.8. The molecular weight excluding hydrogens is 249 g/mol. The van der Waals surface area contributed by atoms with E-state index in [1.54, 1.807) is 18.3 Å². The molecule has 0 aliphatic heterocycles. The molecule has 1 unspecified atom stereocenters. The van der Waals surface area contributed by atoms with E-state index >= 15 is 0 Å². The van der Waals surface area contributed by atoms with Gasteiger partial charge in [-0.25, -0.2) is 9.37 Å². The van der Waals surface area contributed by atoms with Crippen LogP contribution in [0.25, 0.3) is 10.6 Å². The molecule has 2 nitrogen and oxygen atoms in total. The number of hydrogen-bond donors (Lipinski definition) is 1. The van der Waals surface area contributed by atoms with Crippen LogP contribution in [-0.4, -0.2) is 10.1 Å². The van der Waals surface area contributed by atoms with Crippen LogP contribution in [0.2, 0.25) is 0 Å². The molecule has 1 heterocycles. The third kappa shape index (κ3) is 2.66. The number of allylic oxidation sites excluding steroid dienone is 1. The first-order chi connectivity index (χ1) is 8.61. The van der Waals surface area contributed by atoms with Crippen LogP contribution < -0.4 is 0 Å². The van der Waals surface area contributed by atoms with Gasteiger partial charge in [-0.1, -0.05) is 6.08 Å². The minimum absolute atomic E-state index is 0.264. The largest absolute Gasteiger partial charge is 0.383 e. The Balaban J connectivity index is 2.28. The highest BCUT2D eigenvalue weighted by Gasteiger charge is 2.13. The maximum atomic E-state index is 12.8. The Morgan fingerprint density at radius 2 is 2.06 bits per heavy atom. The molecule has 94 valence electrons. The number of rotatable bonds is 3. The Bertz CT molecular complexity index is 559. The molecule has 4 heteroatoms. The van der Waals surface area contributed by atoms with Crippen molar-refractivity contribution < 1.29 is 9.50 Å². The lowest BCUT2D eigenvalue weighted by molar-refractivity contribution is 0.219. The first-order valence-corrected chi connectivity index (χ1v) is 6.46. The van der Waals surface area contributed by atoms with Gasteiger partial charge >= 0.3 is 0 Å². The van der Waals surface area contributed by atoms with Crippen LogP contribution in [0.1, 0.15) is 24.8 Å². The zero-order chi connectivity index (χ0) is 13.1. The fourth-order valence-electron chi connectivity index (χ4n) is 1.52. The Hall–Kier alpha value is -1.52. The van der Waals surface area contributed by atoms with E-state index in [1.807, 2.05) is 19.9 Å². The van der Waals surface area contributed by atoms with E-state index < -0.39 is 6.10 Å². The molecule has 1 N–H and O–H groups in total. The van der Waals surface area contributed by atoms with Crippen LogP contribution >= 0.6 is 11.3 Å². The molecule has 0 saturated heterocycles. The number of thiazole rings is 1. The highest BCUT2D eigenvalue weighted by atomic mass is 32.1. The molecule has 0 aliphatic carbocycles. The second-order valence-electron chi connectivity index (χ2n) is 4.01. The van der Waals surface area contributed by atoms with Crippen molar-refractivity contribution in [3.63, 3.8) is 0 Å². The highest BCUT2D eigenvalue weighted by Crippen LogP contribution is 2.31. The SMILES string of the molecule is C/C=C(\C)C(O)c1cnc(-c2ccc(F)cc2)s1. The molecule has 0 saturated carbocycles. The van der Waals surface area contributed by atoms with Crippen LogP contribution in [0.3, 0.4) is 0 Å². The number of hydrogen-bond acceptors (Lipinski definition) is 3. The average molecular weight is 263 g/mol. The van der Waals surface area contributed by atoms with Gasteiger partial charge in [0.2, 0.25) is 0 Å². The summed E-state index contributed by atoms with van der Waals surface area (Å²) in [6, 6.07) is 6.19. The summed E-state index contributed by atoms with van der Waals surface area (Å²) in [6.45, 7) is 3.77. The van der Waals surface area contributed by atoms with Crippen LogP contribution in [-0.2, 0) is 0 Å². The van der Waals surface area contributed by atoms with Crippen molar-refractivity contribution in [2.45, 2.75) is 20.0 Å². The van der Waals surface area contributed by atoms with E-state index in [9.17, 15) is 9.50 Å². The van der Waals surface area contributed by atoms with E-state index in [1.165, 1.54) is 23.5 Å². The van der Waals surface area contributed by atoms with Gasteiger partial charge in [0.15, 0.2) is 0 Å². The van der Waals surface area contributed by atoms with E-state index in [-0.39, 0.29) is 5.82 Å². The minimum Gasteiger partial charge on any atom is -0.383 e. The van der Waals surface area contributed by atoms with Gasteiger partial charge in [-0.2, -0.15) is 0 Å². The molecule has 1 atom stereocenters. The monoisotopic (exact) mass is 263 g/mol. The second-order valence-corrected chi connectivity index (χ2v) is 5.07. The molecule has 2 aromatic rings. The number of aliphatic hydroxyl groups excluding tert-OH is 1. The maximum Gasteiger partial charge on any atom is 0.123 e. The molecular formula is C14H14FNOS. The zero-order valence-electron chi connectivity index (χ0n) is 10.2. The third-order valence-electron chi connectivity index (χ3n) is 2.77. The summed E-state index contributed by atoms with van der Waals surface area (Å²) in [5, 5.41) is 10.8. The number of benzene rings is 1. The Kier molecular flexibility index (Phi) is 3.89.